The highest BCUT2D eigenvalue weighted by atomic mass is 16.2. The maximum Gasteiger partial charge on any atom is 0.312 e. The van der Waals surface area contributed by atoms with Gasteiger partial charge in [-0.3, -0.25) is 0 Å². The summed E-state index contributed by atoms with van der Waals surface area (Å²) in [6.45, 7) is 6.17. The zero-order chi connectivity index (χ0) is 8.15. The van der Waals surface area contributed by atoms with Gasteiger partial charge in [0, 0.05) is 6.04 Å². The van der Waals surface area contributed by atoms with Gasteiger partial charge in [0.05, 0.1) is 0 Å². The van der Waals surface area contributed by atoms with Crippen LogP contribution in [0.4, 0.5) is 4.79 Å². The lowest BCUT2D eigenvalue weighted by Crippen LogP contribution is -2.37. The highest BCUT2D eigenvalue weighted by Crippen LogP contribution is 2.02. The fraction of sp³-hybridized carbons (Fsp3) is 0.857. The van der Waals surface area contributed by atoms with E-state index in [1.165, 1.54) is 0 Å². The molecule has 0 aliphatic rings. The van der Waals surface area contributed by atoms with Crippen LogP contribution in [0.1, 0.15) is 27.2 Å². The first-order valence-electron chi connectivity index (χ1n) is 3.58. The van der Waals surface area contributed by atoms with Crippen LogP contribution >= 0.6 is 0 Å². The smallest absolute Gasteiger partial charge is 0.312 e. The van der Waals surface area contributed by atoms with Crippen molar-refractivity contribution in [2.45, 2.75) is 33.2 Å². The number of carbonyl (C=O) groups is 1. The normalized spacial score (nSPS) is 13.2. The third-order valence-corrected chi connectivity index (χ3v) is 1.21. The van der Waals surface area contributed by atoms with Crippen LogP contribution in [0.25, 0.3) is 0 Å². The number of primary amides is 1. The largest absolute Gasteiger partial charge is 0.352 e. The van der Waals surface area contributed by atoms with Crippen molar-refractivity contribution in [1.82, 2.24) is 5.32 Å². The van der Waals surface area contributed by atoms with Gasteiger partial charge in [-0.05, 0) is 19.3 Å². The number of urea groups is 1. The van der Waals surface area contributed by atoms with Crippen LogP contribution in [0.15, 0.2) is 0 Å². The molecule has 0 saturated heterocycles. The molecule has 0 aromatic heterocycles. The number of carbonyl (C=O) groups excluding carboxylic acids is 1. The molecule has 3 nitrogen and oxygen atoms in total. The molecular formula is C7H16N2O. The van der Waals surface area contributed by atoms with Gasteiger partial charge < -0.3 is 11.1 Å². The molecule has 1 unspecified atom stereocenters. The standard InChI is InChI=1S/C7H16N2O/c1-5(2)4-6(3)9-7(8)10/h5-6H,4H2,1-3H3,(H3,8,9,10). The Morgan fingerprint density at radius 1 is 1.50 bits per heavy atom. The molecule has 0 aliphatic carbocycles. The average molecular weight is 144 g/mol. The van der Waals surface area contributed by atoms with Crippen molar-refractivity contribution in [3.63, 3.8) is 0 Å². The van der Waals surface area contributed by atoms with Gasteiger partial charge >= 0.3 is 6.03 Å². The van der Waals surface area contributed by atoms with Crippen LogP contribution < -0.4 is 11.1 Å². The van der Waals surface area contributed by atoms with Crippen LogP contribution in [-0.4, -0.2) is 12.1 Å². The van der Waals surface area contributed by atoms with E-state index in [1.807, 2.05) is 6.92 Å². The minimum Gasteiger partial charge on any atom is -0.352 e. The van der Waals surface area contributed by atoms with Crippen molar-refractivity contribution in [2.75, 3.05) is 0 Å². The van der Waals surface area contributed by atoms with E-state index in [0.29, 0.717) is 5.92 Å². The second-order valence-corrected chi connectivity index (χ2v) is 3.04. The number of hydrogen-bond acceptors (Lipinski definition) is 1. The molecular weight excluding hydrogens is 128 g/mol. The lowest BCUT2D eigenvalue weighted by Gasteiger charge is -2.13. The zero-order valence-corrected chi connectivity index (χ0v) is 6.85. The molecule has 0 bridgehead atoms. The summed E-state index contributed by atoms with van der Waals surface area (Å²) in [6.07, 6.45) is 0.975. The Hall–Kier alpha value is -0.730. The number of rotatable bonds is 3. The van der Waals surface area contributed by atoms with Crippen molar-refractivity contribution in [3.8, 4) is 0 Å². The quantitative estimate of drug-likeness (QED) is 0.612. The Balaban J connectivity index is 3.43. The highest BCUT2D eigenvalue weighted by molar-refractivity contribution is 5.71. The van der Waals surface area contributed by atoms with Crippen LogP contribution in [0.2, 0.25) is 0 Å². The SMILES string of the molecule is CC(C)CC(C)NC(N)=O. The molecule has 3 N–H and O–H groups in total. The fourth-order valence-corrected chi connectivity index (χ4v) is 1.01. The molecule has 0 rings (SSSR count). The van der Waals surface area contributed by atoms with Crippen LogP contribution in [-0.2, 0) is 0 Å². The van der Waals surface area contributed by atoms with Crippen LogP contribution in [0, 0.1) is 5.92 Å². The molecule has 1 atom stereocenters. The van der Waals surface area contributed by atoms with Gasteiger partial charge in [0.1, 0.15) is 0 Å². The molecule has 0 aliphatic heterocycles. The molecule has 0 heterocycles. The third-order valence-electron chi connectivity index (χ3n) is 1.21. The van der Waals surface area contributed by atoms with Crippen molar-refractivity contribution in [1.29, 1.82) is 0 Å². The Kier molecular flexibility index (Phi) is 3.84. The van der Waals surface area contributed by atoms with E-state index in [4.69, 9.17) is 5.73 Å². The number of nitrogens with two attached hydrogens (primary N) is 1. The lowest BCUT2D eigenvalue weighted by atomic mass is 10.1. The molecule has 0 radical (unpaired) electrons. The molecule has 2 amide bonds. The summed E-state index contributed by atoms with van der Waals surface area (Å²) >= 11 is 0. The van der Waals surface area contributed by atoms with E-state index in [9.17, 15) is 4.79 Å². The summed E-state index contributed by atoms with van der Waals surface area (Å²) in [6, 6.07) is -0.245. The summed E-state index contributed by atoms with van der Waals surface area (Å²) in [5, 5.41) is 2.61. The topological polar surface area (TPSA) is 55.1 Å². The van der Waals surface area contributed by atoms with Crippen LogP contribution in [0.3, 0.4) is 0 Å². The maximum atomic E-state index is 10.3. The van der Waals surface area contributed by atoms with E-state index in [1.54, 1.807) is 0 Å². The predicted octanol–water partition coefficient (Wildman–Crippen LogP) is 1.09. The minimum absolute atomic E-state index is 0.192. The molecule has 0 saturated carbocycles. The van der Waals surface area contributed by atoms with Gasteiger partial charge in [-0.2, -0.15) is 0 Å². The average Bonchev–Trinajstić information content (AvgIpc) is 1.58. The Morgan fingerprint density at radius 2 is 2.00 bits per heavy atom. The third kappa shape index (κ3) is 5.41. The van der Waals surface area contributed by atoms with Gasteiger partial charge in [0.2, 0.25) is 0 Å². The molecule has 60 valence electrons. The Bertz CT molecular complexity index is 112. The molecule has 0 aromatic carbocycles. The summed E-state index contributed by atoms with van der Waals surface area (Å²) in [5.74, 6) is 0.599. The first-order valence-corrected chi connectivity index (χ1v) is 3.58. The summed E-state index contributed by atoms with van der Waals surface area (Å²) in [5.41, 5.74) is 4.92. The molecule has 3 heteroatoms. The molecule has 10 heavy (non-hydrogen) atoms. The molecule has 0 spiro atoms. The molecule has 0 fully saturated rings. The fourth-order valence-electron chi connectivity index (χ4n) is 1.01. The van der Waals surface area contributed by atoms with Crippen molar-refractivity contribution in [2.24, 2.45) is 11.7 Å². The summed E-state index contributed by atoms with van der Waals surface area (Å²) in [4.78, 5) is 10.3. The van der Waals surface area contributed by atoms with Crippen molar-refractivity contribution in [3.05, 3.63) is 0 Å². The van der Waals surface area contributed by atoms with E-state index < -0.39 is 6.03 Å². The van der Waals surface area contributed by atoms with Gasteiger partial charge in [0.25, 0.3) is 0 Å². The zero-order valence-electron chi connectivity index (χ0n) is 6.85. The second-order valence-electron chi connectivity index (χ2n) is 3.04. The lowest BCUT2D eigenvalue weighted by molar-refractivity contribution is 0.244. The monoisotopic (exact) mass is 144 g/mol. The van der Waals surface area contributed by atoms with E-state index >= 15 is 0 Å². The first-order chi connectivity index (χ1) is 4.52. The predicted molar refractivity (Wildman–Crippen MR) is 41.6 cm³/mol. The highest BCUT2D eigenvalue weighted by Gasteiger charge is 2.04. The van der Waals surface area contributed by atoms with E-state index in [2.05, 4.69) is 19.2 Å². The summed E-state index contributed by atoms with van der Waals surface area (Å²) in [7, 11) is 0. The first kappa shape index (κ1) is 9.27. The van der Waals surface area contributed by atoms with Crippen LogP contribution in [0.5, 0.6) is 0 Å². The minimum atomic E-state index is -0.437. The molecule has 0 aromatic rings. The number of nitrogens with one attached hydrogen (secondary N) is 1. The van der Waals surface area contributed by atoms with Crippen molar-refractivity contribution >= 4 is 6.03 Å². The van der Waals surface area contributed by atoms with Gasteiger partial charge in [-0.25, -0.2) is 4.79 Å². The summed E-state index contributed by atoms with van der Waals surface area (Å²) < 4.78 is 0. The maximum absolute atomic E-state index is 10.3. The van der Waals surface area contributed by atoms with Gasteiger partial charge in [-0.15, -0.1) is 0 Å². The van der Waals surface area contributed by atoms with Gasteiger partial charge in [-0.1, -0.05) is 13.8 Å². The number of hydrogen-bond donors (Lipinski definition) is 2. The number of amides is 2. The van der Waals surface area contributed by atoms with E-state index in [-0.39, 0.29) is 6.04 Å². The van der Waals surface area contributed by atoms with E-state index in [0.717, 1.165) is 6.42 Å². The Morgan fingerprint density at radius 3 is 2.30 bits per heavy atom. The van der Waals surface area contributed by atoms with Gasteiger partial charge in [0.15, 0.2) is 0 Å². The Labute approximate surface area is 62.0 Å². The van der Waals surface area contributed by atoms with Crippen molar-refractivity contribution < 1.29 is 4.79 Å². The second kappa shape index (κ2) is 4.14.